The maximum Gasteiger partial charge on any atom is 0.162 e. The number of hydrogen-bond donors (Lipinski definition) is 1. The van der Waals surface area contributed by atoms with E-state index in [0.717, 1.165) is 21.8 Å². The number of nitrogens with two attached hydrogens (primary N) is 1. The third-order valence-corrected chi connectivity index (χ3v) is 4.80. The molecule has 0 saturated heterocycles. The molecule has 4 rings (SSSR count). The summed E-state index contributed by atoms with van der Waals surface area (Å²) in [6.45, 7) is 0.683. The van der Waals surface area contributed by atoms with E-state index >= 15 is 0 Å². The summed E-state index contributed by atoms with van der Waals surface area (Å²) in [6.07, 6.45) is 3.41. The molecule has 4 aromatic rings. The van der Waals surface area contributed by atoms with Crippen molar-refractivity contribution in [1.29, 1.82) is 0 Å². The number of anilines is 1. The molecule has 2 N–H and O–H groups in total. The molecule has 0 bridgehead atoms. The van der Waals surface area contributed by atoms with E-state index in [-0.39, 0.29) is 0 Å². The molecule has 25 heavy (non-hydrogen) atoms. The SMILES string of the molecule is Nc1cccc(CSc2ncnc3c2cnn3Cc2ccccc2)n1. The van der Waals surface area contributed by atoms with Crippen LogP contribution < -0.4 is 5.73 Å². The highest BCUT2D eigenvalue weighted by Gasteiger charge is 2.11. The summed E-state index contributed by atoms with van der Waals surface area (Å²) < 4.78 is 1.90. The second-order valence-corrected chi connectivity index (χ2v) is 6.51. The summed E-state index contributed by atoms with van der Waals surface area (Å²) in [7, 11) is 0. The number of nitrogens with zero attached hydrogens (tertiary/aromatic N) is 5. The molecule has 0 unspecified atom stereocenters. The molecule has 0 aliphatic heterocycles. The average molecular weight is 348 g/mol. The van der Waals surface area contributed by atoms with Crippen molar-refractivity contribution in [2.45, 2.75) is 17.3 Å². The number of benzene rings is 1. The van der Waals surface area contributed by atoms with Crippen LogP contribution in [0.15, 0.2) is 66.1 Å². The molecule has 0 saturated carbocycles. The van der Waals surface area contributed by atoms with Gasteiger partial charge in [-0.2, -0.15) is 5.10 Å². The van der Waals surface area contributed by atoms with Gasteiger partial charge in [0.1, 0.15) is 17.2 Å². The highest BCUT2D eigenvalue weighted by Crippen LogP contribution is 2.27. The Kier molecular flexibility index (Phi) is 4.30. The van der Waals surface area contributed by atoms with E-state index in [0.29, 0.717) is 18.1 Å². The summed E-state index contributed by atoms with van der Waals surface area (Å²) >= 11 is 1.61. The third kappa shape index (κ3) is 3.46. The van der Waals surface area contributed by atoms with E-state index < -0.39 is 0 Å². The normalized spacial score (nSPS) is 11.0. The zero-order chi connectivity index (χ0) is 17.1. The molecule has 0 aliphatic carbocycles. The van der Waals surface area contributed by atoms with Gasteiger partial charge >= 0.3 is 0 Å². The maximum absolute atomic E-state index is 5.74. The van der Waals surface area contributed by atoms with Gasteiger partial charge in [0.05, 0.1) is 23.8 Å². The number of fused-ring (bicyclic) bond motifs is 1. The summed E-state index contributed by atoms with van der Waals surface area (Å²) in [5.41, 5.74) is 8.68. The van der Waals surface area contributed by atoms with E-state index in [4.69, 9.17) is 5.73 Å². The maximum atomic E-state index is 5.74. The molecule has 0 fully saturated rings. The minimum absolute atomic E-state index is 0.529. The number of thioether (sulfide) groups is 1. The Balaban J connectivity index is 1.58. The van der Waals surface area contributed by atoms with Crippen LogP contribution in [0, 0.1) is 0 Å². The Labute approximate surface area is 149 Å². The minimum atomic E-state index is 0.529. The molecule has 6 nitrogen and oxygen atoms in total. The lowest BCUT2D eigenvalue weighted by atomic mass is 10.2. The molecule has 124 valence electrons. The highest BCUT2D eigenvalue weighted by atomic mass is 32.2. The Hall–Kier alpha value is -2.93. The number of nitrogen functional groups attached to an aromatic ring is 1. The monoisotopic (exact) mass is 348 g/mol. The first kappa shape index (κ1) is 15.6. The molecule has 3 aromatic heterocycles. The second-order valence-electron chi connectivity index (χ2n) is 5.55. The third-order valence-electron chi connectivity index (χ3n) is 3.76. The smallest absolute Gasteiger partial charge is 0.162 e. The summed E-state index contributed by atoms with van der Waals surface area (Å²) in [5, 5.41) is 6.33. The van der Waals surface area contributed by atoms with Gasteiger partial charge in [0.2, 0.25) is 0 Å². The largest absolute Gasteiger partial charge is 0.384 e. The highest BCUT2D eigenvalue weighted by molar-refractivity contribution is 7.98. The molecule has 7 heteroatoms. The first-order chi connectivity index (χ1) is 12.3. The quantitative estimate of drug-likeness (QED) is 0.441. The summed E-state index contributed by atoms with van der Waals surface area (Å²) in [4.78, 5) is 13.1. The lowest BCUT2D eigenvalue weighted by Crippen LogP contribution is -2.02. The number of rotatable bonds is 5. The fraction of sp³-hybridized carbons (Fsp3) is 0.111. The van der Waals surface area contributed by atoms with Gasteiger partial charge in [0.15, 0.2) is 5.65 Å². The zero-order valence-corrected chi connectivity index (χ0v) is 14.2. The van der Waals surface area contributed by atoms with Crippen molar-refractivity contribution in [2.24, 2.45) is 0 Å². The standard InChI is InChI=1S/C18H16N6S/c19-16-8-4-7-14(23-16)11-25-18-15-9-22-24(17(15)20-12-21-18)10-13-5-2-1-3-6-13/h1-9,12H,10-11H2,(H2,19,23). The first-order valence-electron chi connectivity index (χ1n) is 7.84. The van der Waals surface area contributed by atoms with Gasteiger partial charge in [-0.25, -0.2) is 19.6 Å². The van der Waals surface area contributed by atoms with Crippen molar-refractivity contribution in [3.05, 3.63) is 72.3 Å². The van der Waals surface area contributed by atoms with Crippen molar-refractivity contribution in [1.82, 2.24) is 24.7 Å². The Bertz CT molecular complexity index is 999. The molecule has 0 radical (unpaired) electrons. The van der Waals surface area contributed by atoms with Crippen LogP contribution in [0.1, 0.15) is 11.3 Å². The number of pyridine rings is 1. The van der Waals surface area contributed by atoms with Crippen LogP contribution in [0.2, 0.25) is 0 Å². The van der Waals surface area contributed by atoms with Gasteiger partial charge in [-0.1, -0.05) is 48.2 Å². The van der Waals surface area contributed by atoms with Crippen LogP contribution >= 0.6 is 11.8 Å². The van der Waals surface area contributed by atoms with Crippen LogP contribution in [0.25, 0.3) is 11.0 Å². The molecule has 3 heterocycles. The van der Waals surface area contributed by atoms with Crippen LogP contribution in [0.5, 0.6) is 0 Å². The first-order valence-corrected chi connectivity index (χ1v) is 8.83. The van der Waals surface area contributed by atoms with Crippen molar-refractivity contribution < 1.29 is 0 Å². The average Bonchev–Trinajstić information content (AvgIpc) is 3.04. The minimum Gasteiger partial charge on any atom is -0.384 e. The van der Waals surface area contributed by atoms with E-state index in [2.05, 4.69) is 32.2 Å². The Morgan fingerprint density at radius 3 is 2.72 bits per heavy atom. The molecule has 0 atom stereocenters. The summed E-state index contributed by atoms with van der Waals surface area (Å²) in [5.74, 6) is 1.22. The summed E-state index contributed by atoms with van der Waals surface area (Å²) in [6, 6.07) is 15.9. The van der Waals surface area contributed by atoms with Crippen LogP contribution in [-0.2, 0) is 12.3 Å². The lowest BCUT2D eigenvalue weighted by molar-refractivity contribution is 0.703. The van der Waals surface area contributed by atoms with E-state index in [1.807, 2.05) is 41.2 Å². The van der Waals surface area contributed by atoms with Gasteiger partial charge in [0, 0.05) is 5.75 Å². The zero-order valence-electron chi connectivity index (χ0n) is 13.4. The predicted molar refractivity (Wildman–Crippen MR) is 99.1 cm³/mol. The van der Waals surface area contributed by atoms with Gasteiger partial charge < -0.3 is 5.73 Å². The second kappa shape index (κ2) is 6.90. The number of hydrogen-bond acceptors (Lipinski definition) is 6. The van der Waals surface area contributed by atoms with E-state index in [1.165, 1.54) is 5.56 Å². The molecular weight excluding hydrogens is 332 g/mol. The molecule has 1 aromatic carbocycles. The van der Waals surface area contributed by atoms with Crippen molar-refractivity contribution in [3.8, 4) is 0 Å². The van der Waals surface area contributed by atoms with Crippen molar-refractivity contribution >= 4 is 28.6 Å². The predicted octanol–water partition coefficient (Wildman–Crippen LogP) is 3.14. The van der Waals surface area contributed by atoms with Crippen molar-refractivity contribution in [2.75, 3.05) is 5.73 Å². The van der Waals surface area contributed by atoms with Crippen LogP contribution in [-0.4, -0.2) is 24.7 Å². The van der Waals surface area contributed by atoms with Crippen LogP contribution in [0.4, 0.5) is 5.82 Å². The number of aromatic nitrogens is 5. The van der Waals surface area contributed by atoms with Gasteiger partial charge in [0.25, 0.3) is 0 Å². The van der Waals surface area contributed by atoms with Gasteiger partial charge in [-0.3, -0.25) is 0 Å². The van der Waals surface area contributed by atoms with Gasteiger partial charge in [-0.15, -0.1) is 0 Å². The fourth-order valence-electron chi connectivity index (χ4n) is 2.58. The van der Waals surface area contributed by atoms with E-state index in [1.54, 1.807) is 24.2 Å². The molecule has 0 spiro atoms. The van der Waals surface area contributed by atoms with E-state index in [9.17, 15) is 0 Å². The lowest BCUT2D eigenvalue weighted by Gasteiger charge is -2.05. The molecular formula is C18H16N6S. The van der Waals surface area contributed by atoms with Crippen molar-refractivity contribution in [3.63, 3.8) is 0 Å². The fourth-order valence-corrected chi connectivity index (χ4v) is 3.45. The Morgan fingerprint density at radius 1 is 1.00 bits per heavy atom. The Morgan fingerprint density at radius 2 is 1.88 bits per heavy atom. The molecule has 0 aliphatic rings. The molecule has 0 amide bonds. The van der Waals surface area contributed by atoms with Gasteiger partial charge in [-0.05, 0) is 17.7 Å². The topological polar surface area (TPSA) is 82.5 Å². The van der Waals surface area contributed by atoms with Crippen LogP contribution in [0.3, 0.4) is 0 Å².